The summed E-state index contributed by atoms with van der Waals surface area (Å²) in [4.78, 5) is 2.71. The zero-order chi connectivity index (χ0) is 14.6. The molecule has 0 saturated heterocycles. The van der Waals surface area contributed by atoms with Crippen LogP contribution in [0.15, 0.2) is 42.5 Å². The number of benzene rings is 1. The van der Waals surface area contributed by atoms with Gasteiger partial charge in [-0.1, -0.05) is 51.1 Å². The predicted octanol–water partition coefficient (Wildman–Crippen LogP) is 3.87. The Kier molecular flexibility index (Phi) is 4.97. The molecule has 20 heavy (non-hydrogen) atoms. The summed E-state index contributed by atoms with van der Waals surface area (Å²) in [6.45, 7) is 7.60. The van der Waals surface area contributed by atoms with E-state index >= 15 is 0 Å². The molecule has 0 amide bonds. The Balaban J connectivity index is 1.99. The summed E-state index contributed by atoms with van der Waals surface area (Å²) in [6.07, 6.45) is 0. The van der Waals surface area contributed by atoms with Gasteiger partial charge in [-0.05, 0) is 23.1 Å². The number of aliphatic hydroxyl groups is 1. The number of hydrogen-bond donors (Lipinski definition) is 2. The molecule has 1 aromatic heterocycles. The van der Waals surface area contributed by atoms with Crippen LogP contribution in [-0.4, -0.2) is 11.7 Å². The van der Waals surface area contributed by atoms with E-state index in [0.717, 1.165) is 12.1 Å². The van der Waals surface area contributed by atoms with Gasteiger partial charge in [-0.25, -0.2) is 0 Å². The quantitative estimate of drug-likeness (QED) is 0.876. The lowest BCUT2D eigenvalue weighted by Crippen LogP contribution is -2.23. The highest BCUT2D eigenvalue weighted by Crippen LogP contribution is 2.29. The minimum atomic E-state index is -0.00335. The maximum absolute atomic E-state index is 9.53. The van der Waals surface area contributed by atoms with E-state index < -0.39 is 0 Å². The number of thiophene rings is 1. The van der Waals surface area contributed by atoms with Crippen molar-refractivity contribution in [2.24, 2.45) is 0 Å². The first-order chi connectivity index (χ1) is 9.50. The molecule has 1 aromatic carbocycles. The summed E-state index contributed by atoms with van der Waals surface area (Å²) in [5.41, 5.74) is 1.33. The molecule has 1 heterocycles. The number of nitrogens with one attached hydrogen (secondary N) is 1. The van der Waals surface area contributed by atoms with Crippen molar-refractivity contribution in [1.82, 2.24) is 5.32 Å². The van der Waals surface area contributed by atoms with Crippen LogP contribution in [0.1, 0.15) is 42.1 Å². The summed E-state index contributed by atoms with van der Waals surface area (Å²) >= 11 is 1.84. The highest BCUT2D eigenvalue weighted by molar-refractivity contribution is 7.12. The van der Waals surface area contributed by atoms with Crippen LogP contribution in [0.3, 0.4) is 0 Å². The number of rotatable bonds is 5. The molecule has 3 heteroatoms. The maximum Gasteiger partial charge on any atom is 0.0626 e. The third kappa shape index (κ3) is 3.92. The molecule has 0 bridgehead atoms. The summed E-state index contributed by atoms with van der Waals surface area (Å²) in [5, 5.41) is 13.0. The lowest BCUT2D eigenvalue weighted by molar-refractivity contribution is 0.244. The van der Waals surface area contributed by atoms with Gasteiger partial charge in [-0.2, -0.15) is 0 Å². The van der Waals surface area contributed by atoms with E-state index in [1.54, 1.807) is 0 Å². The number of aliphatic hydroxyl groups excluding tert-OH is 1. The van der Waals surface area contributed by atoms with Gasteiger partial charge in [0.2, 0.25) is 0 Å². The van der Waals surface area contributed by atoms with Crippen molar-refractivity contribution in [2.45, 2.75) is 38.8 Å². The summed E-state index contributed by atoms with van der Waals surface area (Å²) in [6, 6.07) is 14.5. The molecular formula is C17H23NOS. The minimum Gasteiger partial charge on any atom is -0.394 e. The third-order valence-corrected chi connectivity index (χ3v) is 4.82. The van der Waals surface area contributed by atoms with Gasteiger partial charge in [0.25, 0.3) is 0 Å². The maximum atomic E-state index is 9.53. The molecule has 2 nitrogen and oxygen atoms in total. The topological polar surface area (TPSA) is 32.3 Å². The van der Waals surface area contributed by atoms with Gasteiger partial charge in [-0.3, -0.25) is 0 Å². The molecule has 0 unspecified atom stereocenters. The fraction of sp³-hybridized carbons (Fsp3) is 0.412. The minimum absolute atomic E-state index is 0.00335. The normalized spacial score (nSPS) is 13.4. The average molecular weight is 289 g/mol. The smallest absolute Gasteiger partial charge is 0.0626 e. The van der Waals surface area contributed by atoms with Crippen LogP contribution in [0.5, 0.6) is 0 Å². The zero-order valence-electron chi connectivity index (χ0n) is 12.4. The highest BCUT2D eigenvalue weighted by Gasteiger charge is 2.16. The van der Waals surface area contributed by atoms with Gasteiger partial charge in [0.1, 0.15) is 0 Å². The molecule has 0 aliphatic heterocycles. The standard InChI is InChI=1S/C17H23NOS/c1-17(2,3)16-10-9-14(20-16)11-18-15(12-19)13-7-5-4-6-8-13/h4-10,15,18-19H,11-12H2,1-3H3/t15-/m0/s1. The largest absolute Gasteiger partial charge is 0.394 e. The molecule has 2 N–H and O–H groups in total. The molecule has 2 rings (SSSR count). The molecule has 0 fully saturated rings. The Labute approximate surface area is 125 Å². The first-order valence-electron chi connectivity index (χ1n) is 6.99. The van der Waals surface area contributed by atoms with Crippen LogP contribution in [-0.2, 0) is 12.0 Å². The van der Waals surface area contributed by atoms with Crippen LogP contribution in [0.25, 0.3) is 0 Å². The first kappa shape index (κ1) is 15.2. The molecule has 2 aromatic rings. The highest BCUT2D eigenvalue weighted by atomic mass is 32.1. The Morgan fingerprint density at radius 1 is 1.10 bits per heavy atom. The van der Waals surface area contributed by atoms with Gasteiger partial charge < -0.3 is 10.4 Å². The SMILES string of the molecule is CC(C)(C)c1ccc(CN[C@@H](CO)c2ccccc2)s1. The Morgan fingerprint density at radius 2 is 1.80 bits per heavy atom. The molecule has 0 aliphatic carbocycles. The molecular weight excluding hydrogens is 266 g/mol. The van der Waals surface area contributed by atoms with E-state index in [-0.39, 0.29) is 18.1 Å². The third-order valence-electron chi connectivity index (χ3n) is 3.31. The van der Waals surface area contributed by atoms with Crippen LogP contribution in [0.2, 0.25) is 0 Å². The second-order valence-corrected chi connectivity index (χ2v) is 7.21. The van der Waals surface area contributed by atoms with E-state index in [0.29, 0.717) is 0 Å². The fourth-order valence-corrected chi connectivity index (χ4v) is 3.09. The van der Waals surface area contributed by atoms with Crippen molar-refractivity contribution in [1.29, 1.82) is 0 Å². The van der Waals surface area contributed by atoms with E-state index in [1.165, 1.54) is 9.75 Å². The van der Waals surface area contributed by atoms with Crippen molar-refractivity contribution in [3.05, 3.63) is 57.8 Å². The van der Waals surface area contributed by atoms with Crippen molar-refractivity contribution in [3.63, 3.8) is 0 Å². The molecule has 0 saturated carbocycles. The van der Waals surface area contributed by atoms with E-state index in [1.807, 2.05) is 41.7 Å². The molecule has 1 atom stereocenters. The Hall–Kier alpha value is -1.16. The van der Waals surface area contributed by atoms with E-state index in [4.69, 9.17) is 0 Å². The van der Waals surface area contributed by atoms with Crippen molar-refractivity contribution < 1.29 is 5.11 Å². The van der Waals surface area contributed by atoms with Crippen LogP contribution in [0, 0.1) is 0 Å². The monoisotopic (exact) mass is 289 g/mol. The average Bonchev–Trinajstić information content (AvgIpc) is 2.89. The van der Waals surface area contributed by atoms with Gasteiger partial charge in [0, 0.05) is 16.3 Å². The van der Waals surface area contributed by atoms with Crippen molar-refractivity contribution in [3.8, 4) is 0 Å². The summed E-state index contributed by atoms with van der Waals surface area (Å²) in [5.74, 6) is 0. The second kappa shape index (κ2) is 6.53. The fourth-order valence-electron chi connectivity index (χ4n) is 2.07. The van der Waals surface area contributed by atoms with Crippen LogP contribution in [0.4, 0.5) is 0 Å². The Bertz CT molecular complexity index is 527. The van der Waals surface area contributed by atoms with E-state index in [9.17, 15) is 5.11 Å². The molecule has 0 spiro atoms. The molecule has 0 aliphatic rings. The predicted molar refractivity (Wildman–Crippen MR) is 86.1 cm³/mol. The van der Waals surface area contributed by atoms with Crippen molar-refractivity contribution >= 4 is 11.3 Å². The first-order valence-corrected chi connectivity index (χ1v) is 7.81. The summed E-state index contributed by atoms with van der Waals surface area (Å²) < 4.78 is 0. The lowest BCUT2D eigenvalue weighted by atomic mass is 9.95. The molecule has 108 valence electrons. The summed E-state index contributed by atoms with van der Waals surface area (Å²) in [7, 11) is 0. The van der Waals surface area contributed by atoms with Gasteiger partial charge in [0.05, 0.1) is 12.6 Å². The Morgan fingerprint density at radius 3 is 2.35 bits per heavy atom. The van der Waals surface area contributed by atoms with Crippen molar-refractivity contribution in [2.75, 3.05) is 6.61 Å². The van der Waals surface area contributed by atoms with Gasteiger partial charge in [-0.15, -0.1) is 11.3 Å². The lowest BCUT2D eigenvalue weighted by Gasteiger charge is -2.17. The van der Waals surface area contributed by atoms with Crippen LogP contribution < -0.4 is 5.32 Å². The van der Waals surface area contributed by atoms with Gasteiger partial charge >= 0.3 is 0 Å². The number of hydrogen-bond acceptors (Lipinski definition) is 3. The molecule has 0 radical (unpaired) electrons. The van der Waals surface area contributed by atoms with Crippen LogP contribution >= 0.6 is 11.3 Å². The second-order valence-electron chi connectivity index (χ2n) is 6.04. The van der Waals surface area contributed by atoms with Gasteiger partial charge in [0.15, 0.2) is 0 Å². The van der Waals surface area contributed by atoms with E-state index in [2.05, 4.69) is 38.2 Å². The zero-order valence-corrected chi connectivity index (χ0v) is 13.2.